The summed E-state index contributed by atoms with van der Waals surface area (Å²) < 4.78 is 30.9. The first kappa shape index (κ1) is 17.4. The van der Waals surface area contributed by atoms with Gasteiger partial charge in [0.25, 0.3) is 5.78 Å². The maximum atomic E-state index is 12.5. The van der Waals surface area contributed by atoms with Gasteiger partial charge in [-0.2, -0.15) is 8.42 Å². The minimum Gasteiger partial charge on any atom is -0.497 e. The van der Waals surface area contributed by atoms with Crippen LogP contribution in [0.25, 0.3) is 5.53 Å². The van der Waals surface area contributed by atoms with Gasteiger partial charge in [0.05, 0.1) is 12.8 Å². The molecule has 0 radical (unpaired) electrons. The van der Waals surface area contributed by atoms with Gasteiger partial charge in [-0.15, -0.1) is 11.2 Å². The molecule has 1 aromatic carbocycles. The van der Waals surface area contributed by atoms with Crippen molar-refractivity contribution in [3.63, 3.8) is 0 Å². The Morgan fingerprint density at radius 2 is 1.95 bits per heavy atom. The Labute approximate surface area is 129 Å². The fourth-order valence-electron chi connectivity index (χ4n) is 1.76. The lowest BCUT2D eigenvalue weighted by Gasteiger charge is -2.25. The largest absolute Gasteiger partial charge is 0.497 e. The zero-order chi connectivity index (χ0) is 16.9. The molecule has 7 nitrogen and oxygen atoms in total. The molecule has 1 atom stereocenters. The summed E-state index contributed by atoms with van der Waals surface area (Å²) in [6.07, 6.45) is 5.31. The molecule has 0 N–H and O–H groups in total. The molecule has 0 spiro atoms. The third-order valence-electron chi connectivity index (χ3n) is 2.82. The molecule has 116 valence electrons. The third-order valence-corrected chi connectivity index (χ3v) is 4.72. The van der Waals surface area contributed by atoms with E-state index >= 15 is 0 Å². The summed E-state index contributed by atoms with van der Waals surface area (Å²) in [7, 11) is -2.92. The second-order valence-corrected chi connectivity index (χ2v) is 6.03. The minimum atomic E-state index is -4.40. The van der Waals surface area contributed by atoms with Gasteiger partial charge in [-0.05, 0) is 31.2 Å². The fraction of sp³-hybridized carbons (Fsp3) is 0.286. The number of methoxy groups -OCH3 is 1. The van der Waals surface area contributed by atoms with Crippen LogP contribution < -0.4 is 9.04 Å². The van der Waals surface area contributed by atoms with E-state index in [9.17, 15) is 13.2 Å². The minimum absolute atomic E-state index is 0.216. The van der Waals surface area contributed by atoms with E-state index in [1.54, 1.807) is 12.1 Å². The molecule has 1 unspecified atom stereocenters. The number of carbonyl (C=O) groups is 1. The number of hydrogen-bond donors (Lipinski definition) is 0. The molecule has 0 aliphatic rings. The summed E-state index contributed by atoms with van der Waals surface area (Å²) in [5.41, 5.74) is 9.07. The fourth-order valence-corrected chi connectivity index (χ4v) is 3.29. The van der Waals surface area contributed by atoms with Gasteiger partial charge in [-0.3, -0.25) is 4.79 Å². The summed E-state index contributed by atoms with van der Waals surface area (Å²) in [6, 6.07) is 5.14. The van der Waals surface area contributed by atoms with Gasteiger partial charge in [0.2, 0.25) is 0 Å². The van der Waals surface area contributed by atoms with Crippen molar-refractivity contribution >= 4 is 26.5 Å². The Hall–Kier alpha value is -2.62. The number of rotatable bonds is 5. The van der Waals surface area contributed by atoms with E-state index < -0.39 is 26.9 Å². The molecule has 22 heavy (non-hydrogen) atoms. The lowest BCUT2D eigenvalue weighted by Crippen LogP contribution is -2.44. The highest BCUT2D eigenvalue weighted by molar-refractivity contribution is 8.09. The molecular weight excluding hydrogens is 306 g/mol. The van der Waals surface area contributed by atoms with Gasteiger partial charge in [0.1, 0.15) is 11.8 Å². The van der Waals surface area contributed by atoms with Gasteiger partial charge in [0, 0.05) is 6.92 Å². The van der Waals surface area contributed by atoms with Crippen LogP contribution >= 0.6 is 0 Å². The number of benzene rings is 1. The lowest BCUT2D eigenvalue weighted by molar-refractivity contribution is -0.114. The first-order valence-electron chi connectivity index (χ1n) is 6.17. The Kier molecular flexibility index (Phi) is 5.46. The van der Waals surface area contributed by atoms with Gasteiger partial charge >= 0.3 is 15.1 Å². The number of carbonyl (C=O) groups excluding carboxylic acids is 1. The van der Waals surface area contributed by atoms with Gasteiger partial charge in [-0.1, -0.05) is 5.92 Å². The Balaban J connectivity index is 3.51. The number of hydrogen-bond acceptors (Lipinski definition) is 4. The lowest BCUT2D eigenvalue weighted by atomic mass is 10.2. The highest BCUT2D eigenvalue weighted by Gasteiger charge is 2.41. The zero-order valence-corrected chi connectivity index (χ0v) is 13.2. The SMILES string of the molecule is C#CC(C)N(c1ccc(OC)cc1)S(=O)(=O)C(=[N+]=[N-])C(C)=O. The highest BCUT2D eigenvalue weighted by atomic mass is 32.2. The summed E-state index contributed by atoms with van der Waals surface area (Å²) >= 11 is 0. The van der Waals surface area contributed by atoms with Crippen molar-refractivity contribution in [2.75, 3.05) is 11.4 Å². The number of terminal acetylenes is 1. The molecule has 0 saturated carbocycles. The number of ketones is 1. The number of anilines is 1. The van der Waals surface area contributed by atoms with Crippen LogP contribution in [0, 0.1) is 12.3 Å². The molecule has 0 aliphatic heterocycles. The first-order valence-corrected chi connectivity index (χ1v) is 7.61. The molecule has 0 heterocycles. The molecule has 0 saturated heterocycles. The van der Waals surface area contributed by atoms with E-state index in [-0.39, 0.29) is 5.69 Å². The standard InChI is InChI=1S/C14H15N3O4S/c1-5-10(2)17(12-6-8-13(21-4)9-7-12)22(19,20)14(16-15)11(3)18/h1,6-10H,2-4H3. The third kappa shape index (κ3) is 3.34. The van der Waals surface area contributed by atoms with Crippen LogP contribution in [0.2, 0.25) is 0 Å². The Bertz CT molecular complexity index is 756. The monoisotopic (exact) mass is 321 g/mol. The summed E-state index contributed by atoms with van der Waals surface area (Å²) in [4.78, 5) is 14.0. The first-order chi connectivity index (χ1) is 10.3. The molecule has 0 aliphatic carbocycles. The van der Waals surface area contributed by atoms with E-state index in [4.69, 9.17) is 16.7 Å². The maximum Gasteiger partial charge on any atom is 0.466 e. The molecule has 0 aromatic heterocycles. The smallest absolute Gasteiger partial charge is 0.466 e. The molecule has 1 aromatic rings. The van der Waals surface area contributed by atoms with Crippen LogP contribution in [-0.4, -0.2) is 37.2 Å². The Morgan fingerprint density at radius 3 is 2.32 bits per heavy atom. The second-order valence-electron chi connectivity index (χ2n) is 4.30. The van der Waals surface area contributed by atoms with Crippen molar-refractivity contribution < 1.29 is 22.7 Å². The van der Waals surface area contributed by atoms with Gasteiger partial charge in [-0.25, -0.2) is 4.31 Å². The zero-order valence-electron chi connectivity index (χ0n) is 12.3. The van der Waals surface area contributed by atoms with Gasteiger partial charge in [0.15, 0.2) is 0 Å². The Morgan fingerprint density at radius 1 is 1.41 bits per heavy atom. The second kappa shape index (κ2) is 6.89. The van der Waals surface area contributed by atoms with E-state index in [1.165, 1.54) is 26.2 Å². The van der Waals surface area contributed by atoms with Crippen LogP contribution in [0.3, 0.4) is 0 Å². The van der Waals surface area contributed by atoms with Crippen LogP contribution in [-0.2, 0) is 14.8 Å². The average Bonchev–Trinajstić information content (AvgIpc) is 2.47. The molecule has 0 bridgehead atoms. The molecule has 8 heteroatoms. The van der Waals surface area contributed by atoms with Crippen LogP contribution in [0.4, 0.5) is 5.69 Å². The topological polar surface area (TPSA) is 100 Å². The van der Waals surface area contributed by atoms with Crippen molar-refractivity contribution in [2.24, 2.45) is 0 Å². The van der Waals surface area contributed by atoms with Crippen molar-refractivity contribution in [1.82, 2.24) is 0 Å². The molecule has 0 amide bonds. The van der Waals surface area contributed by atoms with Crippen LogP contribution in [0.1, 0.15) is 13.8 Å². The van der Waals surface area contributed by atoms with E-state index in [2.05, 4.69) is 10.7 Å². The van der Waals surface area contributed by atoms with Crippen molar-refractivity contribution in [3.05, 3.63) is 29.8 Å². The normalized spacial score (nSPS) is 11.7. The molecule has 0 fully saturated rings. The van der Waals surface area contributed by atoms with Crippen LogP contribution in [0.15, 0.2) is 24.3 Å². The predicted octanol–water partition coefficient (Wildman–Crippen LogP) is 1.07. The van der Waals surface area contributed by atoms with E-state index in [1.807, 2.05) is 0 Å². The van der Waals surface area contributed by atoms with Crippen LogP contribution in [0.5, 0.6) is 5.75 Å². The van der Waals surface area contributed by atoms with Gasteiger partial charge < -0.3 is 10.3 Å². The molecular formula is C14H15N3O4S. The average molecular weight is 321 g/mol. The summed E-state index contributed by atoms with van der Waals surface area (Å²) in [5.74, 6) is 1.91. The maximum absolute atomic E-state index is 12.5. The highest BCUT2D eigenvalue weighted by Crippen LogP contribution is 2.24. The predicted molar refractivity (Wildman–Crippen MR) is 82.0 cm³/mol. The number of nitrogens with zero attached hydrogens (tertiary/aromatic N) is 3. The number of ether oxygens (including phenoxy) is 1. The van der Waals surface area contributed by atoms with Crippen molar-refractivity contribution in [2.45, 2.75) is 19.9 Å². The van der Waals surface area contributed by atoms with Crippen molar-refractivity contribution in [3.8, 4) is 18.1 Å². The quantitative estimate of drug-likeness (QED) is 0.266. The summed E-state index contributed by atoms with van der Waals surface area (Å²) in [5, 5.41) is -0.981. The van der Waals surface area contributed by atoms with E-state index in [0.717, 1.165) is 11.2 Å². The summed E-state index contributed by atoms with van der Waals surface area (Å²) in [6.45, 7) is 2.45. The number of Topliss-reactive ketones (excluding diaryl/α,β-unsaturated/α-hetero) is 1. The molecule has 1 rings (SSSR count). The van der Waals surface area contributed by atoms with Crippen molar-refractivity contribution in [1.29, 1.82) is 0 Å². The number of sulfonamides is 1. The van der Waals surface area contributed by atoms with E-state index in [0.29, 0.717) is 5.75 Å².